The van der Waals surface area contributed by atoms with E-state index in [2.05, 4.69) is 12.2 Å². The van der Waals surface area contributed by atoms with Crippen molar-refractivity contribution in [2.75, 3.05) is 18.0 Å². The van der Waals surface area contributed by atoms with Crippen molar-refractivity contribution in [3.05, 3.63) is 30.3 Å². The highest BCUT2D eigenvalue weighted by molar-refractivity contribution is 5.97. The second-order valence-corrected chi connectivity index (χ2v) is 5.18. The lowest BCUT2D eigenvalue weighted by Gasteiger charge is -2.30. The number of nitrogens with zero attached hydrogens (tertiary/aromatic N) is 1. The molecule has 1 aliphatic heterocycles. The summed E-state index contributed by atoms with van der Waals surface area (Å²) < 4.78 is 0. The minimum atomic E-state index is 0.00538. The number of para-hydroxylation sites is 1. The fourth-order valence-corrected chi connectivity index (χ4v) is 2.54. The maximum atomic E-state index is 12.7. The van der Waals surface area contributed by atoms with Crippen molar-refractivity contribution in [3.63, 3.8) is 0 Å². The normalized spacial score (nSPS) is 19.1. The first kappa shape index (κ1) is 14.1. The maximum absolute atomic E-state index is 12.7. The van der Waals surface area contributed by atoms with Gasteiger partial charge >= 0.3 is 0 Å². The molecule has 3 nitrogen and oxygen atoms in total. The van der Waals surface area contributed by atoms with Gasteiger partial charge in [-0.3, -0.25) is 4.79 Å². The van der Waals surface area contributed by atoms with Crippen molar-refractivity contribution >= 4 is 11.6 Å². The average Bonchev–Trinajstić information content (AvgIpc) is 2.49. The lowest BCUT2D eigenvalue weighted by Crippen LogP contribution is -2.49. The Hall–Kier alpha value is -1.35. The predicted molar refractivity (Wildman–Crippen MR) is 79.3 cm³/mol. The van der Waals surface area contributed by atoms with E-state index in [-0.39, 0.29) is 11.9 Å². The summed E-state index contributed by atoms with van der Waals surface area (Å²) in [5.74, 6) is 0.236. The first-order chi connectivity index (χ1) is 9.33. The van der Waals surface area contributed by atoms with Gasteiger partial charge in [-0.15, -0.1) is 0 Å². The van der Waals surface area contributed by atoms with Crippen LogP contribution in [0.3, 0.4) is 0 Å². The van der Waals surface area contributed by atoms with Gasteiger partial charge in [0.05, 0.1) is 6.04 Å². The van der Waals surface area contributed by atoms with E-state index in [1.807, 2.05) is 35.2 Å². The summed E-state index contributed by atoms with van der Waals surface area (Å²) in [5.41, 5.74) is 1.02. The van der Waals surface area contributed by atoms with Crippen LogP contribution in [0.1, 0.15) is 39.0 Å². The van der Waals surface area contributed by atoms with Crippen LogP contribution in [0.25, 0.3) is 0 Å². The molecule has 3 heteroatoms. The van der Waals surface area contributed by atoms with Gasteiger partial charge in [0.25, 0.3) is 0 Å². The Morgan fingerprint density at radius 1 is 1.32 bits per heavy atom. The van der Waals surface area contributed by atoms with Gasteiger partial charge in [0.1, 0.15) is 0 Å². The molecular formula is C16H24N2O. The number of hydrogen-bond donors (Lipinski definition) is 1. The van der Waals surface area contributed by atoms with Gasteiger partial charge in [0.15, 0.2) is 0 Å². The van der Waals surface area contributed by atoms with Gasteiger partial charge in [-0.2, -0.15) is 0 Å². The molecule has 0 aliphatic carbocycles. The smallest absolute Gasteiger partial charge is 0.244 e. The summed E-state index contributed by atoms with van der Waals surface area (Å²) in [6, 6.07) is 10.0. The van der Waals surface area contributed by atoms with Gasteiger partial charge in [0.2, 0.25) is 5.91 Å². The van der Waals surface area contributed by atoms with Gasteiger partial charge in [-0.25, -0.2) is 0 Å². The Morgan fingerprint density at radius 2 is 2.11 bits per heavy atom. The van der Waals surface area contributed by atoms with Crippen LogP contribution in [0.15, 0.2) is 30.3 Å². The van der Waals surface area contributed by atoms with E-state index in [4.69, 9.17) is 0 Å². The number of piperidine rings is 1. The van der Waals surface area contributed by atoms with E-state index >= 15 is 0 Å². The van der Waals surface area contributed by atoms with Crippen molar-refractivity contribution in [2.45, 2.75) is 45.1 Å². The fraction of sp³-hybridized carbons (Fsp3) is 0.562. The van der Waals surface area contributed by atoms with E-state index in [1.54, 1.807) is 0 Å². The summed E-state index contributed by atoms with van der Waals surface area (Å²) in [6.45, 7) is 3.94. The van der Waals surface area contributed by atoms with Gasteiger partial charge in [-0.05, 0) is 37.9 Å². The first-order valence-corrected chi connectivity index (χ1v) is 7.42. The Balaban J connectivity index is 2.10. The molecule has 0 saturated carbocycles. The minimum Gasteiger partial charge on any atom is -0.311 e. The number of carbonyl (C=O) groups excluding carboxylic acids is 1. The number of rotatable bonds is 5. The van der Waals surface area contributed by atoms with Crippen LogP contribution in [0.5, 0.6) is 0 Å². The van der Waals surface area contributed by atoms with Crippen LogP contribution < -0.4 is 10.2 Å². The van der Waals surface area contributed by atoms with Crippen molar-refractivity contribution in [3.8, 4) is 0 Å². The average molecular weight is 260 g/mol. The molecule has 0 unspecified atom stereocenters. The molecule has 1 atom stereocenters. The first-order valence-electron chi connectivity index (χ1n) is 7.42. The van der Waals surface area contributed by atoms with Crippen molar-refractivity contribution in [1.29, 1.82) is 0 Å². The number of nitrogens with one attached hydrogen (secondary N) is 1. The standard InChI is InChI=1S/C16H24N2O/c1-2-3-13-18(14-9-5-4-6-10-14)16(19)15-11-7-8-12-17-15/h4-6,9-10,15,17H,2-3,7-8,11-13H2,1H3/t15-/m1/s1. The molecule has 1 aromatic rings. The van der Waals surface area contributed by atoms with E-state index < -0.39 is 0 Å². The second kappa shape index (κ2) is 7.29. The number of amides is 1. The largest absolute Gasteiger partial charge is 0.311 e. The highest BCUT2D eigenvalue weighted by Crippen LogP contribution is 2.18. The number of anilines is 1. The van der Waals surface area contributed by atoms with E-state index in [0.29, 0.717) is 0 Å². The topological polar surface area (TPSA) is 32.3 Å². The Morgan fingerprint density at radius 3 is 2.74 bits per heavy atom. The molecule has 1 amide bonds. The zero-order chi connectivity index (χ0) is 13.5. The van der Waals surface area contributed by atoms with Crippen LogP contribution in [-0.4, -0.2) is 25.0 Å². The SMILES string of the molecule is CCCCN(C(=O)[C@H]1CCCCN1)c1ccccc1. The maximum Gasteiger partial charge on any atom is 0.244 e. The molecule has 0 bridgehead atoms. The number of hydrogen-bond acceptors (Lipinski definition) is 2. The van der Waals surface area contributed by atoms with Crippen LogP contribution >= 0.6 is 0 Å². The summed E-state index contributed by atoms with van der Waals surface area (Å²) in [5, 5.41) is 3.35. The van der Waals surface area contributed by atoms with Crippen LogP contribution in [0.2, 0.25) is 0 Å². The lowest BCUT2D eigenvalue weighted by molar-refractivity contribution is -0.121. The number of carbonyl (C=O) groups is 1. The summed E-state index contributed by atoms with van der Waals surface area (Å²) >= 11 is 0. The molecule has 19 heavy (non-hydrogen) atoms. The van der Waals surface area contributed by atoms with Crippen LogP contribution in [-0.2, 0) is 4.79 Å². The van der Waals surface area contributed by atoms with Crippen LogP contribution in [0.4, 0.5) is 5.69 Å². The number of benzene rings is 1. The summed E-state index contributed by atoms with van der Waals surface area (Å²) in [4.78, 5) is 14.6. The molecule has 0 radical (unpaired) electrons. The van der Waals surface area contributed by atoms with Crippen molar-refractivity contribution < 1.29 is 4.79 Å². The third kappa shape index (κ3) is 3.80. The monoisotopic (exact) mass is 260 g/mol. The van der Waals surface area contributed by atoms with Crippen LogP contribution in [0, 0.1) is 0 Å². The molecule has 0 spiro atoms. The van der Waals surface area contributed by atoms with Crippen molar-refractivity contribution in [1.82, 2.24) is 5.32 Å². The molecule has 104 valence electrons. The van der Waals surface area contributed by atoms with E-state index in [1.165, 1.54) is 6.42 Å². The lowest BCUT2D eigenvalue weighted by atomic mass is 10.0. The van der Waals surface area contributed by atoms with Gasteiger partial charge < -0.3 is 10.2 Å². The highest BCUT2D eigenvalue weighted by Gasteiger charge is 2.26. The number of unbranched alkanes of at least 4 members (excludes halogenated alkanes) is 1. The quantitative estimate of drug-likeness (QED) is 0.882. The molecule has 1 aliphatic rings. The van der Waals surface area contributed by atoms with Crippen molar-refractivity contribution in [2.24, 2.45) is 0 Å². The Kier molecular flexibility index (Phi) is 5.40. The molecule has 1 fully saturated rings. The second-order valence-electron chi connectivity index (χ2n) is 5.18. The third-order valence-corrected chi connectivity index (χ3v) is 3.68. The molecular weight excluding hydrogens is 236 g/mol. The summed E-state index contributed by atoms with van der Waals surface area (Å²) in [7, 11) is 0. The highest BCUT2D eigenvalue weighted by atomic mass is 16.2. The van der Waals surface area contributed by atoms with E-state index in [0.717, 1.165) is 44.5 Å². The molecule has 2 rings (SSSR count). The molecule has 1 N–H and O–H groups in total. The molecule has 1 heterocycles. The van der Waals surface area contributed by atoms with Gasteiger partial charge in [-0.1, -0.05) is 38.0 Å². The summed E-state index contributed by atoms with van der Waals surface area (Å²) in [6.07, 6.45) is 5.46. The zero-order valence-electron chi connectivity index (χ0n) is 11.8. The molecule has 0 aromatic heterocycles. The minimum absolute atomic E-state index is 0.00538. The molecule has 1 aromatic carbocycles. The predicted octanol–water partition coefficient (Wildman–Crippen LogP) is 2.96. The fourth-order valence-electron chi connectivity index (χ4n) is 2.54. The van der Waals surface area contributed by atoms with Gasteiger partial charge in [0, 0.05) is 12.2 Å². The third-order valence-electron chi connectivity index (χ3n) is 3.68. The zero-order valence-corrected chi connectivity index (χ0v) is 11.8. The molecule has 1 saturated heterocycles. The Bertz CT molecular complexity index is 385. The van der Waals surface area contributed by atoms with E-state index in [9.17, 15) is 4.79 Å². The Labute approximate surface area is 116 Å².